The molecule has 0 bridgehead atoms. The highest BCUT2D eigenvalue weighted by atomic mass is 32.2. The normalized spacial score (nSPS) is 11.1. The monoisotopic (exact) mass is 304 g/mol. The number of nitrogens with two attached hydrogens (primary N) is 1. The molecule has 0 aliphatic carbocycles. The van der Waals surface area contributed by atoms with Crippen molar-refractivity contribution in [3.8, 4) is 0 Å². The summed E-state index contributed by atoms with van der Waals surface area (Å²) in [5.41, 5.74) is 7.88. The first-order valence-electron chi connectivity index (χ1n) is 6.25. The first kappa shape index (κ1) is 15.1. The summed E-state index contributed by atoms with van der Waals surface area (Å²) in [4.78, 5) is 12.4. The highest BCUT2D eigenvalue weighted by molar-refractivity contribution is 7.90. The Morgan fingerprint density at radius 2 is 1.81 bits per heavy atom. The van der Waals surface area contributed by atoms with Gasteiger partial charge in [-0.2, -0.15) is 0 Å². The summed E-state index contributed by atoms with van der Waals surface area (Å²) in [6.45, 7) is 1.76. The van der Waals surface area contributed by atoms with Crippen LogP contribution in [0, 0.1) is 6.92 Å². The summed E-state index contributed by atoms with van der Waals surface area (Å²) >= 11 is 0. The molecule has 3 N–H and O–H groups in total. The molecule has 6 heteroatoms. The van der Waals surface area contributed by atoms with E-state index >= 15 is 0 Å². The van der Waals surface area contributed by atoms with Crippen LogP contribution in [0.5, 0.6) is 0 Å². The van der Waals surface area contributed by atoms with Crippen molar-refractivity contribution in [2.45, 2.75) is 11.8 Å². The molecule has 0 unspecified atom stereocenters. The first-order chi connectivity index (χ1) is 9.79. The summed E-state index contributed by atoms with van der Waals surface area (Å²) < 4.78 is 23.0. The third-order valence-corrected chi connectivity index (χ3v) is 4.25. The number of carbonyl (C=O) groups is 1. The molecule has 0 radical (unpaired) electrons. The molecule has 0 heterocycles. The molecule has 1 amide bonds. The third-order valence-electron chi connectivity index (χ3n) is 3.14. The molecule has 21 heavy (non-hydrogen) atoms. The van der Waals surface area contributed by atoms with Gasteiger partial charge in [-0.15, -0.1) is 0 Å². The molecule has 110 valence electrons. The second-order valence-corrected chi connectivity index (χ2v) is 6.79. The van der Waals surface area contributed by atoms with E-state index in [2.05, 4.69) is 5.32 Å². The number of hydrogen-bond donors (Lipinski definition) is 2. The fourth-order valence-corrected chi connectivity index (χ4v) is 2.57. The van der Waals surface area contributed by atoms with E-state index in [9.17, 15) is 13.2 Å². The molecule has 2 aromatic carbocycles. The van der Waals surface area contributed by atoms with Crippen molar-refractivity contribution < 1.29 is 13.2 Å². The number of anilines is 2. The largest absolute Gasteiger partial charge is 0.398 e. The van der Waals surface area contributed by atoms with Gasteiger partial charge in [0.1, 0.15) is 0 Å². The summed E-state index contributed by atoms with van der Waals surface area (Å²) in [5.74, 6) is -0.328. The van der Waals surface area contributed by atoms with Crippen molar-refractivity contribution in [3.63, 3.8) is 0 Å². The average Bonchev–Trinajstić information content (AvgIpc) is 2.41. The van der Waals surface area contributed by atoms with Crippen molar-refractivity contribution in [1.82, 2.24) is 0 Å². The minimum Gasteiger partial charge on any atom is -0.398 e. The zero-order valence-corrected chi connectivity index (χ0v) is 12.6. The zero-order valence-electron chi connectivity index (χ0n) is 11.8. The Kier molecular flexibility index (Phi) is 3.99. The molecular formula is C15H16N2O3S. The van der Waals surface area contributed by atoms with E-state index < -0.39 is 9.84 Å². The molecule has 0 spiro atoms. The molecular weight excluding hydrogens is 288 g/mol. The lowest BCUT2D eigenvalue weighted by molar-refractivity contribution is 0.102. The minimum absolute atomic E-state index is 0.157. The molecule has 0 aliphatic rings. The van der Waals surface area contributed by atoms with E-state index in [1.165, 1.54) is 12.1 Å². The Morgan fingerprint density at radius 1 is 1.14 bits per heavy atom. The summed E-state index contributed by atoms with van der Waals surface area (Å²) in [6.07, 6.45) is 1.12. The van der Waals surface area contributed by atoms with Gasteiger partial charge in [-0.1, -0.05) is 12.1 Å². The van der Waals surface area contributed by atoms with Gasteiger partial charge < -0.3 is 11.1 Å². The first-order valence-corrected chi connectivity index (χ1v) is 8.15. The van der Waals surface area contributed by atoms with Gasteiger partial charge in [0.05, 0.1) is 4.90 Å². The quantitative estimate of drug-likeness (QED) is 0.851. The minimum atomic E-state index is -3.31. The van der Waals surface area contributed by atoms with Crippen molar-refractivity contribution in [1.29, 1.82) is 0 Å². The van der Waals surface area contributed by atoms with Crippen molar-refractivity contribution in [2.75, 3.05) is 17.3 Å². The lowest BCUT2D eigenvalue weighted by Crippen LogP contribution is -2.14. The molecule has 0 atom stereocenters. The van der Waals surface area contributed by atoms with Gasteiger partial charge in [-0.25, -0.2) is 8.42 Å². The number of carbonyl (C=O) groups excluding carboxylic acids is 1. The van der Waals surface area contributed by atoms with E-state index in [-0.39, 0.29) is 10.8 Å². The Hall–Kier alpha value is -2.34. The van der Waals surface area contributed by atoms with Gasteiger partial charge in [-0.05, 0) is 42.8 Å². The number of hydrogen-bond acceptors (Lipinski definition) is 4. The Morgan fingerprint density at radius 3 is 2.48 bits per heavy atom. The Labute approximate surface area is 123 Å². The van der Waals surface area contributed by atoms with E-state index in [4.69, 9.17) is 5.73 Å². The highest BCUT2D eigenvalue weighted by Crippen LogP contribution is 2.19. The van der Waals surface area contributed by atoms with Crippen LogP contribution in [0.25, 0.3) is 0 Å². The number of amides is 1. The van der Waals surface area contributed by atoms with Crippen LogP contribution >= 0.6 is 0 Å². The summed E-state index contributed by atoms with van der Waals surface area (Å²) in [6, 6.07) is 11.2. The molecule has 0 fully saturated rings. The summed E-state index contributed by atoms with van der Waals surface area (Å²) in [7, 11) is -3.31. The predicted octanol–water partition coefficient (Wildman–Crippen LogP) is 2.23. The summed E-state index contributed by atoms with van der Waals surface area (Å²) in [5, 5.41) is 2.68. The number of sulfone groups is 1. The lowest BCUT2D eigenvalue weighted by atomic mass is 10.1. The van der Waals surface area contributed by atoms with Crippen LogP contribution in [0.4, 0.5) is 11.4 Å². The number of nitrogen functional groups attached to an aromatic ring is 1. The van der Waals surface area contributed by atoms with Crippen molar-refractivity contribution in [2.24, 2.45) is 0 Å². The molecule has 0 saturated carbocycles. The van der Waals surface area contributed by atoms with Crippen LogP contribution in [-0.2, 0) is 9.84 Å². The maximum atomic E-state index is 12.2. The molecule has 0 aliphatic heterocycles. The second-order valence-electron chi connectivity index (χ2n) is 4.77. The number of nitrogens with one attached hydrogen (secondary N) is 1. The van der Waals surface area contributed by atoms with Crippen molar-refractivity contribution >= 4 is 27.1 Å². The molecule has 5 nitrogen and oxygen atoms in total. The van der Waals surface area contributed by atoms with E-state index in [0.717, 1.165) is 6.26 Å². The predicted molar refractivity (Wildman–Crippen MR) is 83.1 cm³/mol. The van der Waals surface area contributed by atoms with Crippen molar-refractivity contribution in [3.05, 3.63) is 53.6 Å². The SMILES string of the molecule is Cc1c(N)cccc1C(=O)Nc1cccc(S(C)(=O)=O)c1. The fourth-order valence-electron chi connectivity index (χ4n) is 1.90. The second kappa shape index (κ2) is 5.57. The lowest BCUT2D eigenvalue weighted by Gasteiger charge is -2.10. The van der Waals surface area contributed by atoms with E-state index in [1.807, 2.05) is 0 Å². The Balaban J connectivity index is 2.30. The van der Waals surface area contributed by atoms with Crippen LogP contribution in [0.15, 0.2) is 47.4 Å². The van der Waals surface area contributed by atoms with Crippen LogP contribution in [0.3, 0.4) is 0 Å². The molecule has 2 aromatic rings. The standard InChI is InChI=1S/C15H16N2O3S/c1-10-13(7-4-8-14(10)16)15(18)17-11-5-3-6-12(9-11)21(2,19)20/h3-9H,16H2,1-2H3,(H,17,18). The van der Waals surface area contributed by atoms with Crippen LogP contribution in [0.2, 0.25) is 0 Å². The van der Waals surface area contributed by atoms with Gasteiger partial charge in [0.15, 0.2) is 9.84 Å². The maximum absolute atomic E-state index is 12.2. The molecule has 2 rings (SSSR count). The average molecular weight is 304 g/mol. The number of rotatable bonds is 3. The Bertz CT molecular complexity index is 798. The van der Waals surface area contributed by atoms with Gasteiger partial charge in [-0.3, -0.25) is 4.79 Å². The topological polar surface area (TPSA) is 89.3 Å². The number of benzene rings is 2. The van der Waals surface area contributed by atoms with Gasteiger partial charge in [0, 0.05) is 23.2 Å². The van der Waals surface area contributed by atoms with Crippen LogP contribution in [-0.4, -0.2) is 20.6 Å². The van der Waals surface area contributed by atoms with Crippen LogP contribution < -0.4 is 11.1 Å². The van der Waals surface area contributed by atoms with E-state index in [0.29, 0.717) is 22.5 Å². The van der Waals surface area contributed by atoms with Gasteiger partial charge >= 0.3 is 0 Å². The van der Waals surface area contributed by atoms with Gasteiger partial charge in [0.25, 0.3) is 5.91 Å². The third kappa shape index (κ3) is 3.41. The maximum Gasteiger partial charge on any atom is 0.256 e. The van der Waals surface area contributed by atoms with Gasteiger partial charge in [0.2, 0.25) is 0 Å². The zero-order chi connectivity index (χ0) is 15.6. The molecule has 0 saturated heterocycles. The smallest absolute Gasteiger partial charge is 0.256 e. The highest BCUT2D eigenvalue weighted by Gasteiger charge is 2.12. The van der Waals surface area contributed by atoms with E-state index in [1.54, 1.807) is 37.3 Å². The molecule has 0 aromatic heterocycles. The fraction of sp³-hybridized carbons (Fsp3) is 0.133. The van der Waals surface area contributed by atoms with Crippen LogP contribution in [0.1, 0.15) is 15.9 Å².